The van der Waals surface area contributed by atoms with Crippen LogP contribution in [0.1, 0.15) is 25.0 Å². The van der Waals surface area contributed by atoms with Crippen LogP contribution in [-0.2, 0) is 16.2 Å². The summed E-state index contributed by atoms with van der Waals surface area (Å²) in [7, 11) is 1.50. The Kier molecular flexibility index (Phi) is 7.86. The van der Waals surface area contributed by atoms with E-state index in [1.165, 1.54) is 25.5 Å². The number of methoxy groups -OCH3 is 1. The molecule has 2 aromatic rings. The number of ether oxygens (including phenoxy) is 2. The van der Waals surface area contributed by atoms with Crippen LogP contribution < -0.4 is 20.2 Å². The second kappa shape index (κ2) is 10.6. The zero-order valence-electron chi connectivity index (χ0n) is 16.7. The van der Waals surface area contributed by atoms with Gasteiger partial charge in [0.1, 0.15) is 6.61 Å². The molecule has 0 radical (unpaired) electrons. The lowest BCUT2D eigenvalue weighted by atomic mass is 10.2. The SMILES string of the molecule is COc1ccc(/C=N\NC(=O)C(=O)NC(C)C)cc1OCc1ccc([N+](=O)[O-])cc1. The predicted molar refractivity (Wildman–Crippen MR) is 109 cm³/mol. The van der Waals surface area contributed by atoms with Crippen LogP contribution in [-0.4, -0.2) is 36.1 Å². The monoisotopic (exact) mass is 414 g/mol. The number of amides is 2. The lowest BCUT2D eigenvalue weighted by Crippen LogP contribution is -2.41. The van der Waals surface area contributed by atoms with Crippen molar-refractivity contribution >= 4 is 23.7 Å². The minimum absolute atomic E-state index is 0.00124. The highest BCUT2D eigenvalue weighted by molar-refractivity contribution is 6.35. The Morgan fingerprint density at radius 3 is 2.43 bits per heavy atom. The topological polar surface area (TPSA) is 132 Å². The van der Waals surface area contributed by atoms with Gasteiger partial charge >= 0.3 is 11.8 Å². The van der Waals surface area contributed by atoms with E-state index in [0.29, 0.717) is 17.1 Å². The number of nitro groups is 1. The van der Waals surface area contributed by atoms with Gasteiger partial charge in [0.15, 0.2) is 11.5 Å². The predicted octanol–water partition coefficient (Wildman–Crippen LogP) is 2.16. The van der Waals surface area contributed by atoms with Gasteiger partial charge in [-0.2, -0.15) is 5.10 Å². The summed E-state index contributed by atoms with van der Waals surface area (Å²) in [5.74, 6) is -0.745. The van der Waals surface area contributed by atoms with Gasteiger partial charge < -0.3 is 14.8 Å². The first-order valence-corrected chi connectivity index (χ1v) is 8.98. The molecule has 0 aliphatic heterocycles. The molecule has 0 aromatic heterocycles. The molecule has 0 unspecified atom stereocenters. The van der Waals surface area contributed by atoms with Crippen molar-refractivity contribution in [1.82, 2.24) is 10.7 Å². The van der Waals surface area contributed by atoms with E-state index in [9.17, 15) is 19.7 Å². The fourth-order valence-corrected chi connectivity index (χ4v) is 2.31. The molecule has 10 heteroatoms. The molecule has 0 aliphatic rings. The van der Waals surface area contributed by atoms with Gasteiger partial charge in [0.25, 0.3) is 5.69 Å². The van der Waals surface area contributed by atoms with Gasteiger partial charge in [0.05, 0.1) is 18.2 Å². The van der Waals surface area contributed by atoms with E-state index in [4.69, 9.17) is 9.47 Å². The average Bonchev–Trinajstić information content (AvgIpc) is 2.72. The minimum Gasteiger partial charge on any atom is -0.493 e. The molecule has 0 aliphatic carbocycles. The summed E-state index contributed by atoms with van der Waals surface area (Å²) in [5, 5.41) is 16.9. The molecule has 158 valence electrons. The summed E-state index contributed by atoms with van der Waals surface area (Å²) in [4.78, 5) is 33.4. The average molecular weight is 414 g/mol. The first kappa shape index (κ1) is 22.3. The number of benzene rings is 2. The Hall–Kier alpha value is -3.95. The molecule has 0 spiro atoms. The number of rotatable bonds is 8. The highest BCUT2D eigenvalue weighted by Gasteiger charge is 2.13. The number of nitrogens with zero attached hydrogens (tertiary/aromatic N) is 2. The first-order valence-electron chi connectivity index (χ1n) is 8.98. The standard InChI is InChI=1S/C20H22N4O6/c1-13(2)22-19(25)20(26)23-21-11-15-6-9-17(29-3)18(10-15)30-12-14-4-7-16(8-5-14)24(27)28/h4-11,13H,12H2,1-3H3,(H,22,25)(H,23,26)/b21-11-. The van der Waals surface area contributed by atoms with Crippen molar-refractivity contribution in [3.8, 4) is 11.5 Å². The van der Waals surface area contributed by atoms with Crippen LogP contribution >= 0.6 is 0 Å². The number of hydrazone groups is 1. The molecule has 0 heterocycles. The van der Waals surface area contributed by atoms with Crippen molar-refractivity contribution in [2.75, 3.05) is 7.11 Å². The minimum atomic E-state index is -0.872. The third-order valence-corrected chi connectivity index (χ3v) is 3.73. The zero-order chi connectivity index (χ0) is 22.1. The fraction of sp³-hybridized carbons (Fsp3) is 0.250. The summed E-state index contributed by atoms with van der Waals surface area (Å²) in [5.41, 5.74) is 3.48. The Morgan fingerprint density at radius 1 is 1.13 bits per heavy atom. The maximum atomic E-state index is 11.6. The van der Waals surface area contributed by atoms with Crippen LogP contribution in [0.25, 0.3) is 0 Å². The molecule has 2 aromatic carbocycles. The van der Waals surface area contributed by atoms with E-state index in [-0.39, 0.29) is 18.3 Å². The van der Waals surface area contributed by atoms with Crippen LogP contribution in [0.2, 0.25) is 0 Å². The number of nitro benzene ring substituents is 1. The second-order valence-electron chi connectivity index (χ2n) is 6.45. The third-order valence-electron chi connectivity index (χ3n) is 3.73. The quantitative estimate of drug-likeness (QED) is 0.294. The number of hydrogen-bond acceptors (Lipinski definition) is 7. The van der Waals surface area contributed by atoms with E-state index in [1.54, 1.807) is 44.2 Å². The molecule has 2 rings (SSSR count). The summed E-state index contributed by atoms with van der Waals surface area (Å²) in [6.07, 6.45) is 1.36. The Balaban J connectivity index is 2.02. The number of carbonyl (C=O) groups excluding carboxylic acids is 2. The van der Waals surface area contributed by atoms with Gasteiger partial charge in [0.2, 0.25) is 0 Å². The number of nitrogens with one attached hydrogen (secondary N) is 2. The van der Waals surface area contributed by atoms with Gasteiger partial charge in [-0.3, -0.25) is 19.7 Å². The van der Waals surface area contributed by atoms with E-state index in [1.807, 2.05) is 0 Å². The summed E-state index contributed by atoms with van der Waals surface area (Å²) in [6, 6.07) is 10.9. The second-order valence-corrected chi connectivity index (χ2v) is 6.45. The maximum absolute atomic E-state index is 11.6. The summed E-state index contributed by atoms with van der Waals surface area (Å²) >= 11 is 0. The lowest BCUT2D eigenvalue weighted by Gasteiger charge is -2.11. The van der Waals surface area contributed by atoms with E-state index in [0.717, 1.165) is 5.56 Å². The first-order chi connectivity index (χ1) is 14.3. The third kappa shape index (κ3) is 6.59. The van der Waals surface area contributed by atoms with Crippen molar-refractivity contribution in [2.24, 2.45) is 5.10 Å². The van der Waals surface area contributed by atoms with Crippen LogP contribution in [0, 0.1) is 10.1 Å². The number of hydrogen-bond donors (Lipinski definition) is 2. The normalized spacial score (nSPS) is 10.7. The molecule has 0 atom stereocenters. The Labute approximate surface area is 173 Å². The van der Waals surface area contributed by atoms with Gasteiger partial charge in [0, 0.05) is 18.2 Å². The molecule has 0 saturated carbocycles. The van der Waals surface area contributed by atoms with Gasteiger partial charge in [-0.25, -0.2) is 5.43 Å². The Morgan fingerprint density at radius 2 is 1.83 bits per heavy atom. The summed E-state index contributed by atoms with van der Waals surface area (Å²) in [6.45, 7) is 3.65. The van der Waals surface area contributed by atoms with Crippen molar-refractivity contribution in [3.05, 3.63) is 63.7 Å². The maximum Gasteiger partial charge on any atom is 0.329 e. The smallest absolute Gasteiger partial charge is 0.329 e. The Bertz CT molecular complexity index is 941. The molecule has 10 nitrogen and oxygen atoms in total. The molecule has 0 bridgehead atoms. The zero-order valence-corrected chi connectivity index (χ0v) is 16.7. The fourth-order valence-electron chi connectivity index (χ4n) is 2.31. The highest BCUT2D eigenvalue weighted by atomic mass is 16.6. The number of carbonyl (C=O) groups is 2. The van der Waals surface area contributed by atoms with E-state index < -0.39 is 16.7 Å². The molecule has 0 saturated heterocycles. The van der Waals surface area contributed by atoms with Crippen LogP contribution in [0.4, 0.5) is 5.69 Å². The highest BCUT2D eigenvalue weighted by Crippen LogP contribution is 2.28. The van der Waals surface area contributed by atoms with Crippen molar-refractivity contribution < 1.29 is 24.0 Å². The molecule has 0 fully saturated rings. The molecular weight excluding hydrogens is 392 g/mol. The molecule has 2 amide bonds. The van der Waals surface area contributed by atoms with Gasteiger partial charge in [-0.15, -0.1) is 0 Å². The van der Waals surface area contributed by atoms with Crippen LogP contribution in [0.3, 0.4) is 0 Å². The largest absolute Gasteiger partial charge is 0.493 e. The van der Waals surface area contributed by atoms with Gasteiger partial charge in [-0.1, -0.05) is 0 Å². The lowest BCUT2D eigenvalue weighted by molar-refractivity contribution is -0.384. The van der Waals surface area contributed by atoms with Crippen molar-refractivity contribution in [2.45, 2.75) is 26.5 Å². The number of non-ortho nitro benzene ring substituents is 1. The molecule has 30 heavy (non-hydrogen) atoms. The molecular formula is C20H22N4O6. The van der Waals surface area contributed by atoms with Crippen molar-refractivity contribution in [1.29, 1.82) is 0 Å². The van der Waals surface area contributed by atoms with E-state index >= 15 is 0 Å². The van der Waals surface area contributed by atoms with E-state index in [2.05, 4.69) is 15.8 Å². The van der Waals surface area contributed by atoms with Crippen molar-refractivity contribution in [3.63, 3.8) is 0 Å². The summed E-state index contributed by atoms with van der Waals surface area (Å²) < 4.78 is 11.0. The molecule has 2 N–H and O–H groups in total. The van der Waals surface area contributed by atoms with Crippen LogP contribution in [0.5, 0.6) is 11.5 Å². The van der Waals surface area contributed by atoms with Gasteiger partial charge in [-0.05, 0) is 55.3 Å². The van der Waals surface area contributed by atoms with Crippen LogP contribution in [0.15, 0.2) is 47.6 Å².